The number of amides is 1. The summed E-state index contributed by atoms with van der Waals surface area (Å²) in [6.07, 6.45) is -0.216. The lowest BCUT2D eigenvalue weighted by molar-refractivity contribution is 0.0241. The first-order valence-corrected chi connectivity index (χ1v) is 14.9. The first-order chi connectivity index (χ1) is 18.0. The number of hydrogen-bond acceptors (Lipinski definition) is 8. The van der Waals surface area contributed by atoms with Crippen LogP contribution in [0.4, 0.5) is 4.79 Å². The summed E-state index contributed by atoms with van der Waals surface area (Å²) in [6.45, 7) is 10.1. The minimum atomic E-state index is -0.788. The van der Waals surface area contributed by atoms with E-state index in [-0.39, 0.29) is 22.6 Å². The van der Waals surface area contributed by atoms with Crippen LogP contribution in [0.2, 0.25) is 0 Å². The topological polar surface area (TPSA) is 115 Å². The summed E-state index contributed by atoms with van der Waals surface area (Å²) in [4.78, 5) is 28.7. The second kappa shape index (κ2) is 14.0. The maximum absolute atomic E-state index is 12.8. The number of phenolic OH excluding ortho intramolecular Hbond substituents is 1. The first kappa shape index (κ1) is 30.0. The summed E-state index contributed by atoms with van der Waals surface area (Å²) in [7, 11) is 0. The van der Waals surface area contributed by atoms with Gasteiger partial charge in [-0.3, -0.25) is 4.79 Å². The molecule has 3 rings (SSSR count). The fourth-order valence-corrected chi connectivity index (χ4v) is 5.80. The van der Waals surface area contributed by atoms with Gasteiger partial charge in [0.15, 0.2) is 0 Å². The highest BCUT2D eigenvalue weighted by Crippen LogP contribution is 2.31. The van der Waals surface area contributed by atoms with Crippen molar-refractivity contribution in [3.8, 4) is 5.75 Å². The molecule has 0 saturated carbocycles. The number of fused-ring (bicyclic) bond motifs is 1. The minimum absolute atomic E-state index is 0.00147. The lowest BCUT2D eigenvalue weighted by atomic mass is 10.0. The molecule has 1 amide bonds. The number of aromatic hydroxyl groups is 1. The van der Waals surface area contributed by atoms with E-state index in [0.29, 0.717) is 42.0 Å². The van der Waals surface area contributed by atoms with Crippen molar-refractivity contribution in [3.05, 3.63) is 63.3 Å². The van der Waals surface area contributed by atoms with Crippen molar-refractivity contribution in [2.75, 3.05) is 37.7 Å². The van der Waals surface area contributed by atoms with E-state index in [2.05, 4.69) is 29.4 Å². The number of aromatic nitrogens is 1. The molecular weight excluding hydrogens is 522 g/mol. The Morgan fingerprint density at radius 3 is 2.63 bits per heavy atom. The number of H-pyrrole nitrogens is 1. The quantitative estimate of drug-likeness (QED) is 0.215. The molecule has 38 heavy (non-hydrogen) atoms. The number of rotatable bonds is 13. The van der Waals surface area contributed by atoms with Gasteiger partial charge in [0, 0.05) is 37.5 Å². The van der Waals surface area contributed by atoms with Crippen LogP contribution in [0.25, 0.3) is 10.2 Å². The molecule has 0 aliphatic heterocycles. The minimum Gasteiger partial charge on any atom is -0.506 e. The summed E-state index contributed by atoms with van der Waals surface area (Å²) >= 11 is 2.77. The molecule has 1 aromatic heterocycles. The number of benzene rings is 2. The summed E-state index contributed by atoms with van der Waals surface area (Å²) in [5.41, 5.74) is 1.64. The molecule has 208 valence electrons. The molecule has 1 heterocycles. The summed E-state index contributed by atoms with van der Waals surface area (Å²) in [5, 5.41) is 23.8. The van der Waals surface area contributed by atoms with E-state index in [1.807, 2.05) is 43.9 Å². The molecule has 10 heteroatoms. The maximum atomic E-state index is 12.8. The Balaban J connectivity index is 1.40. The number of carbonyl (C=O) groups is 1. The molecule has 0 radical (unpaired) electrons. The molecule has 2 aromatic carbocycles. The van der Waals surface area contributed by atoms with Gasteiger partial charge in [0.1, 0.15) is 16.9 Å². The maximum Gasteiger partial charge on any atom is 0.410 e. The summed E-state index contributed by atoms with van der Waals surface area (Å²) in [5.74, 6) is 1.97. The van der Waals surface area contributed by atoms with Gasteiger partial charge >= 0.3 is 11.0 Å². The molecule has 8 nitrogen and oxygen atoms in total. The molecule has 0 fully saturated rings. The summed E-state index contributed by atoms with van der Waals surface area (Å²) < 4.78 is 6.23. The fourth-order valence-electron chi connectivity index (χ4n) is 4.06. The van der Waals surface area contributed by atoms with E-state index >= 15 is 0 Å². The van der Waals surface area contributed by atoms with Gasteiger partial charge < -0.3 is 30.2 Å². The lowest BCUT2D eigenvalue weighted by Gasteiger charge is -2.29. The Morgan fingerprint density at radius 2 is 1.92 bits per heavy atom. The zero-order chi connectivity index (χ0) is 27.7. The highest BCUT2D eigenvalue weighted by Gasteiger charge is 2.23. The van der Waals surface area contributed by atoms with Crippen LogP contribution in [0.15, 0.2) is 47.3 Å². The Bertz CT molecular complexity index is 1220. The van der Waals surface area contributed by atoms with Crippen LogP contribution in [0.3, 0.4) is 0 Å². The molecule has 4 N–H and O–H groups in total. The van der Waals surface area contributed by atoms with Crippen LogP contribution >= 0.6 is 23.1 Å². The number of aromatic amines is 1. The van der Waals surface area contributed by atoms with Gasteiger partial charge in [-0.05, 0) is 50.5 Å². The number of aliphatic hydroxyl groups excluding tert-OH is 1. The molecule has 0 aliphatic carbocycles. The van der Waals surface area contributed by atoms with E-state index in [1.54, 1.807) is 17.8 Å². The van der Waals surface area contributed by atoms with Gasteiger partial charge in [-0.25, -0.2) is 4.79 Å². The number of phenols is 1. The highest BCUT2D eigenvalue weighted by molar-refractivity contribution is 7.99. The van der Waals surface area contributed by atoms with Crippen LogP contribution in [0.1, 0.15) is 57.3 Å². The van der Waals surface area contributed by atoms with Crippen LogP contribution in [-0.2, 0) is 4.74 Å². The van der Waals surface area contributed by atoms with Crippen molar-refractivity contribution in [2.24, 2.45) is 0 Å². The molecule has 3 aromatic rings. The van der Waals surface area contributed by atoms with Gasteiger partial charge in [0.05, 0.1) is 10.8 Å². The Morgan fingerprint density at radius 1 is 1.18 bits per heavy atom. The molecular formula is C28H39N3O5S2. The van der Waals surface area contributed by atoms with E-state index in [4.69, 9.17) is 4.74 Å². The third-order valence-electron chi connectivity index (χ3n) is 5.94. The van der Waals surface area contributed by atoms with Crippen molar-refractivity contribution in [1.82, 2.24) is 15.2 Å². The number of nitrogens with zero attached hydrogens (tertiary/aromatic N) is 1. The number of ether oxygens (including phenoxy) is 1. The highest BCUT2D eigenvalue weighted by atomic mass is 32.2. The van der Waals surface area contributed by atoms with Crippen molar-refractivity contribution in [3.63, 3.8) is 0 Å². The van der Waals surface area contributed by atoms with Crippen LogP contribution < -0.4 is 10.2 Å². The van der Waals surface area contributed by atoms with E-state index in [0.717, 1.165) is 29.3 Å². The zero-order valence-electron chi connectivity index (χ0n) is 22.5. The van der Waals surface area contributed by atoms with Gasteiger partial charge in [0.2, 0.25) is 0 Å². The number of carbonyl (C=O) groups excluding carboxylic acids is 1. The Kier molecular flexibility index (Phi) is 11.1. The molecule has 2 atom stereocenters. The van der Waals surface area contributed by atoms with E-state index in [9.17, 15) is 19.8 Å². The summed E-state index contributed by atoms with van der Waals surface area (Å²) in [6, 6.07) is 13.3. The monoisotopic (exact) mass is 561 g/mol. The number of hydrogen-bond donors (Lipinski definition) is 4. The second-order valence-corrected chi connectivity index (χ2v) is 12.5. The predicted octanol–water partition coefficient (Wildman–Crippen LogP) is 5.08. The zero-order valence-corrected chi connectivity index (χ0v) is 24.2. The molecule has 0 saturated heterocycles. The van der Waals surface area contributed by atoms with Gasteiger partial charge in [-0.1, -0.05) is 54.7 Å². The average molecular weight is 562 g/mol. The molecule has 0 bridgehead atoms. The number of thioether (sulfide) groups is 1. The lowest BCUT2D eigenvalue weighted by Crippen LogP contribution is -2.39. The van der Waals surface area contributed by atoms with Crippen molar-refractivity contribution in [1.29, 1.82) is 0 Å². The predicted molar refractivity (Wildman–Crippen MR) is 157 cm³/mol. The smallest absolute Gasteiger partial charge is 0.410 e. The van der Waals surface area contributed by atoms with Gasteiger partial charge in [-0.15, -0.1) is 0 Å². The Hall–Kier alpha value is -2.53. The second-order valence-electron chi connectivity index (χ2n) is 10.3. The first-order valence-electron chi connectivity index (χ1n) is 12.9. The van der Waals surface area contributed by atoms with Crippen LogP contribution in [-0.4, -0.2) is 69.5 Å². The number of nitrogens with one attached hydrogen (secondary N) is 2. The largest absolute Gasteiger partial charge is 0.506 e. The van der Waals surface area contributed by atoms with Crippen molar-refractivity contribution >= 4 is 39.4 Å². The molecule has 0 unspecified atom stereocenters. The number of thiazole rings is 1. The Labute approximate surface area is 232 Å². The molecule has 0 spiro atoms. The van der Waals surface area contributed by atoms with E-state index < -0.39 is 11.7 Å². The molecule has 0 aliphatic rings. The third-order valence-corrected chi connectivity index (χ3v) is 7.94. The van der Waals surface area contributed by atoms with E-state index in [1.165, 1.54) is 11.6 Å². The standard InChI is InChI=1S/C28H39N3O5S2/c1-19(20-9-6-5-7-10-20)18-31(27(35)36-28(2,3)4)14-8-15-37-16-13-29-17-23(33)21-11-12-22(32)24-25(21)38-26(34)30-24/h5-7,9-12,19,23,29,32-33H,8,13-18H2,1-4H3,(H,30,34)/t19-,23+/m1/s1. The number of aliphatic hydroxyl groups is 1. The SMILES string of the molecule is C[C@H](CN(CCCSCCNC[C@H](O)c1ccc(O)c2[nH]c(=O)sc12)C(=O)OC(C)(C)C)c1ccccc1. The average Bonchev–Trinajstić information content (AvgIpc) is 3.26. The normalized spacial score (nSPS) is 13.4. The van der Waals surface area contributed by atoms with Crippen molar-refractivity contribution < 1.29 is 19.7 Å². The van der Waals surface area contributed by atoms with Crippen LogP contribution in [0.5, 0.6) is 5.75 Å². The third kappa shape index (κ3) is 9.04. The fraction of sp³-hybridized carbons (Fsp3) is 0.500. The van der Waals surface area contributed by atoms with Crippen molar-refractivity contribution in [2.45, 2.75) is 51.7 Å². The van der Waals surface area contributed by atoms with Gasteiger partial charge in [-0.2, -0.15) is 11.8 Å². The van der Waals surface area contributed by atoms with Gasteiger partial charge in [0.25, 0.3) is 0 Å². The van der Waals surface area contributed by atoms with Crippen LogP contribution in [0, 0.1) is 0 Å².